The lowest BCUT2D eigenvalue weighted by Crippen LogP contribution is -2.31. The molecule has 1 aromatic rings. The van der Waals surface area contributed by atoms with E-state index in [1.807, 2.05) is 0 Å². The van der Waals surface area contributed by atoms with Crippen molar-refractivity contribution in [2.75, 3.05) is 26.3 Å². The third kappa shape index (κ3) is 8.45. The second-order valence-corrected chi connectivity index (χ2v) is 5.84. The Morgan fingerprint density at radius 3 is 1.42 bits per heavy atom. The monoisotopic (exact) mass is 338 g/mol. The van der Waals surface area contributed by atoms with Crippen LogP contribution in [0.4, 0.5) is 0 Å². The van der Waals surface area contributed by atoms with Crippen LogP contribution in [-0.4, -0.2) is 48.6 Å². The Morgan fingerprint density at radius 2 is 1.12 bits per heavy atom. The summed E-state index contributed by atoms with van der Waals surface area (Å²) in [4.78, 5) is 0. The molecule has 6 heteroatoms. The van der Waals surface area contributed by atoms with Crippen LogP contribution in [0, 0.1) is 0 Å². The Hall–Kier alpha value is -1.40. The lowest BCUT2D eigenvalue weighted by molar-refractivity contribution is 0.273. The fraction of sp³-hybridized carbons (Fsp3) is 0.778. The molecule has 0 saturated heterocycles. The first-order valence-electron chi connectivity index (χ1n) is 9.29. The summed E-state index contributed by atoms with van der Waals surface area (Å²) in [5, 5.41) is 15.0. The van der Waals surface area contributed by atoms with E-state index in [2.05, 4.69) is 48.5 Å². The maximum atomic E-state index is 5.58. The highest BCUT2D eigenvalue weighted by Crippen LogP contribution is 2.10. The van der Waals surface area contributed by atoms with Crippen molar-refractivity contribution in [1.82, 2.24) is 20.8 Å². The number of ether oxygens (including phenoxy) is 2. The van der Waals surface area contributed by atoms with Crippen molar-refractivity contribution in [3.63, 3.8) is 0 Å². The van der Waals surface area contributed by atoms with Crippen LogP contribution in [0.3, 0.4) is 0 Å². The minimum atomic E-state index is 0.531. The minimum Gasteiger partial charge on any atom is -0.475 e. The van der Waals surface area contributed by atoms with Crippen LogP contribution in [0.15, 0.2) is 12.1 Å². The molecule has 0 amide bonds. The predicted octanol–water partition coefficient (Wildman–Crippen LogP) is 2.79. The SMILES string of the molecule is CCC(CC)NCCOc1ccc(OCCNC(CC)CC)nn1. The third-order valence-corrected chi connectivity index (χ3v) is 4.16. The summed E-state index contributed by atoms with van der Waals surface area (Å²) in [6.07, 6.45) is 4.53. The van der Waals surface area contributed by atoms with Gasteiger partial charge in [0.1, 0.15) is 13.2 Å². The smallest absolute Gasteiger partial charge is 0.233 e. The van der Waals surface area contributed by atoms with E-state index in [0.29, 0.717) is 37.1 Å². The Kier molecular flexibility index (Phi) is 11.1. The van der Waals surface area contributed by atoms with Crippen LogP contribution >= 0.6 is 0 Å². The Morgan fingerprint density at radius 1 is 0.750 bits per heavy atom. The average molecular weight is 338 g/mol. The normalized spacial score (nSPS) is 11.2. The van der Waals surface area contributed by atoms with Gasteiger partial charge in [0.15, 0.2) is 0 Å². The number of rotatable bonds is 14. The van der Waals surface area contributed by atoms with Crippen molar-refractivity contribution >= 4 is 0 Å². The quantitative estimate of drug-likeness (QED) is 0.508. The summed E-state index contributed by atoms with van der Waals surface area (Å²) in [7, 11) is 0. The average Bonchev–Trinajstić information content (AvgIpc) is 2.63. The highest BCUT2D eigenvalue weighted by Gasteiger charge is 2.04. The topological polar surface area (TPSA) is 68.3 Å². The zero-order chi connectivity index (χ0) is 17.6. The standard InChI is InChI=1S/C18H34N4O2/c1-5-15(6-2)19-11-13-23-17-9-10-18(22-21-17)24-14-12-20-16(7-3)8-4/h9-10,15-16,19-20H,5-8,11-14H2,1-4H3. The van der Waals surface area contributed by atoms with Crippen LogP contribution in [0.2, 0.25) is 0 Å². The molecule has 1 rings (SSSR count). The van der Waals surface area contributed by atoms with Gasteiger partial charge in [-0.15, -0.1) is 10.2 Å². The molecule has 0 aliphatic rings. The second kappa shape index (κ2) is 13.0. The third-order valence-electron chi connectivity index (χ3n) is 4.16. The van der Waals surface area contributed by atoms with Crippen molar-refractivity contribution in [1.29, 1.82) is 0 Å². The van der Waals surface area contributed by atoms with E-state index in [-0.39, 0.29) is 0 Å². The Bertz CT molecular complexity index is 367. The number of nitrogens with one attached hydrogen (secondary N) is 2. The van der Waals surface area contributed by atoms with E-state index in [9.17, 15) is 0 Å². The molecular formula is C18H34N4O2. The van der Waals surface area contributed by atoms with Gasteiger partial charge in [0.05, 0.1) is 0 Å². The maximum absolute atomic E-state index is 5.58. The highest BCUT2D eigenvalue weighted by atomic mass is 16.5. The van der Waals surface area contributed by atoms with Crippen LogP contribution in [-0.2, 0) is 0 Å². The highest BCUT2D eigenvalue weighted by molar-refractivity contribution is 5.15. The van der Waals surface area contributed by atoms with Gasteiger partial charge in [0.2, 0.25) is 11.8 Å². The lowest BCUT2D eigenvalue weighted by Gasteiger charge is -2.15. The van der Waals surface area contributed by atoms with Gasteiger partial charge >= 0.3 is 0 Å². The molecular weight excluding hydrogens is 304 g/mol. The van der Waals surface area contributed by atoms with E-state index in [4.69, 9.17) is 9.47 Å². The summed E-state index contributed by atoms with van der Waals surface area (Å²) < 4.78 is 11.2. The van der Waals surface area contributed by atoms with Crippen molar-refractivity contribution < 1.29 is 9.47 Å². The van der Waals surface area contributed by atoms with Gasteiger partial charge in [-0.05, 0) is 25.7 Å². The molecule has 1 aromatic heterocycles. The molecule has 138 valence electrons. The first-order valence-corrected chi connectivity index (χ1v) is 9.29. The van der Waals surface area contributed by atoms with Crippen LogP contribution in [0.25, 0.3) is 0 Å². The van der Waals surface area contributed by atoms with E-state index in [0.717, 1.165) is 38.8 Å². The maximum Gasteiger partial charge on any atom is 0.233 e. The van der Waals surface area contributed by atoms with Gasteiger partial charge < -0.3 is 20.1 Å². The molecule has 0 bridgehead atoms. The van der Waals surface area contributed by atoms with Crippen LogP contribution < -0.4 is 20.1 Å². The van der Waals surface area contributed by atoms with E-state index < -0.39 is 0 Å². The summed E-state index contributed by atoms with van der Waals surface area (Å²) in [5.74, 6) is 1.06. The van der Waals surface area contributed by atoms with Crippen LogP contribution in [0.1, 0.15) is 53.4 Å². The molecule has 0 aliphatic heterocycles. The summed E-state index contributed by atoms with van der Waals surface area (Å²) in [6, 6.07) is 4.72. The molecule has 0 aromatic carbocycles. The molecule has 2 N–H and O–H groups in total. The second-order valence-electron chi connectivity index (χ2n) is 5.84. The lowest BCUT2D eigenvalue weighted by atomic mass is 10.2. The molecule has 0 aliphatic carbocycles. The van der Waals surface area contributed by atoms with Crippen molar-refractivity contribution in [2.24, 2.45) is 0 Å². The molecule has 6 nitrogen and oxygen atoms in total. The molecule has 1 heterocycles. The molecule has 24 heavy (non-hydrogen) atoms. The Labute approximate surface area is 146 Å². The van der Waals surface area contributed by atoms with E-state index >= 15 is 0 Å². The van der Waals surface area contributed by atoms with Gasteiger partial charge in [-0.25, -0.2) is 0 Å². The van der Waals surface area contributed by atoms with Gasteiger partial charge in [-0.3, -0.25) is 0 Å². The molecule has 0 unspecified atom stereocenters. The van der Waals surface area contributed by atoms with Gasteiger partial charge in [0.25, 0.3) is 0 Å². The summed E-state index contributed by atoms with van der Waals surface area (Å²) in [6.45, 7) is 11.6. The molecule has 0 spiro atoms. The molecule has 0 atom stereocenters. The summed E-state index contributed by atoms with van der Waals surface area (Å²) >= 11 is 0. The first-order chi connectivity index (χ1) is 11.7. The van der Waals surface area contributed by atoms with Gasteiger partial charge in [0, 0.05) is 37.3 Å². The summed E-state index contributed by atoms with van der Waals surface area (Å²) in [5.41, 5.74) is 0. The fourth-order valence-electron chi connectivity index (χ4n) is 2.45. The van der Waals surface area contributed by atoms with Crippen molar-refractivity contribution in [3.8, 4) is 11.8 Å². The number of hydrogen-bond acceptors (Lipinski definition) is 6. The van der Waals surface area contributed by atoms with Crippen molar-refractivity contribution in [3.05, 3.63) is 12.1 Å². The number of hydrogen-bond donors (Lipinski definition) is 2. The molecule has 0 saturated carbocycles. The number of nitrogens with zero attached hydrogens (tertiary/aromatic N) is 2. The van der Waals surface area contributed by atoms with Crippen molar-refractivity contribution in [2.45, 2.75) is 65.5 Å². The zero-order valence-corrected chi connectivity index (χ0v) is 15.7. The van der Waals surface area contributed by atoms with E-state index in [1.165, 1.54) is 0 Å². The van der Waals surface area contributed by atoms with Gasteiger partial charge in [-0.1, -0.05) is 27.7 Å². The minimum absolute atomic E-state index is 0.531. The molecule has 0 fully saturated rings. The fourth-order valence-corrected chi connectivity index (χ4v) is 2.45. The first kappa shape index (κ1) is 20.6. The largest absolute Gasteiger partial charge is 0.475 e. The zero-order valence-electron chi connectivity index (χ0n) is 15.7. The van der Waals surface area contributed by atoms with Crippen LogP contribution in [0.5, 0.6) is 11.8 Å². The Balaban J connectivity index is 2.18. The van der Waals surface area contributed by atoms with Gasteiger partial charge in [-0.2, -0.15) is 0 Å². The van der Waals surface area contributed by atoms with E-state index in [1.54, 1.807) is 12.1 Å². The predicted molar refractivity (Wildman–Crippen MR) is 97.8 cm³/mol. The molecule has 0 radical (unpaired) electrons. The number of aromatic nitrogens is 2.